The highest BCUT2D eigenvalue weighted by Gasteiger charge is 2.14. The number of hydrogen-bond acceptors (Lipinski definition) is 5. The highest BCUT2D eigenvalue weighted by atomic mass is 32.2. The zero-order chi connectivity index (χ0) is 13.8. The van der Waals surface area contributed by atoms with Gasteiger partial charge in [-0.2, -0.15) is 0 Å². The first-order valence-corrected chi connectivity index (χ1v) is 7.46. The Morgan fingerprint density at radius 2 is 2.11 bits per heavy atom. The highest BCUT2D eigenvalue weighted by molar-refractivity contribution is 7.90. The van der Waals surface area contributed by atoms with Gasteiger partial charge in [0.1, 0.15) is 15.5 Å². The normalized spacial score (nSPS) is 11.1. The van der Waals surface area contributed by atoms with Crippen LogP contribution < -0.4 is 5.32 Å². The fourth-order valence-corrected chi connectivity index (χ4v) is 1.87. The molecular weight excluding hydrogens is 254 g/mol. The van der Waals surface area contributed by atoms with E-state index in [1.165, 1.54) is 4.90 Å². The van der Waals surface area contributed by atoms with Crippen molar-refractivity contribution in [1.82, 2.24) is 9.88 Å². The van der Waals surface area contributed by atoms with Crippen LogP contribution in [0.3, 0.4) is 0 Å². The second-order valence-electron chi connectivity index (χ2n) is 4.04. The summed E-state index contributed by atoms with van der Waals surface area (Å²) in [5, 5.41) is 2.90. The molecule has 1 rings (SSSR count). The van der Waals surface area contributed by atoms with Crippen LogP contribution >= 0.6 is 0 Å². The molecule has 18 heavy (non-hydrogen) atoms. The Kier molecular flexibility index (Phi) is 4.66. The molecule has 0 aliphatic carbocycles. The Labute approximate surface area is 107 Å². The summed E-state index contributed by atoms with van der Waals surface area (Å²) in [6, 6.07) is 3.34. The van der Waals surface area contributed by atoms with E-state index in [9.17, 15) is 13.2 Å². The van der Waals surface area contributed by atoms with Crippen molar-refractivity contribution in [3.63, 3.8) is 0 Å². The predicted molar refractivity (Wildman–Crippen MR) is 70.5 cm³/mol. The van der Waals surface area contributed by atoms with Gasteiger partial charge in [0.05, 0.1) is 17.6 Å². The molecule has 1 aromatic heterocycles. The van der Waals surface area contributed by atoms with Crippen LogP contribution in [0.5, 0.6) is 0 Å². The molecule has 1 heterocycles. The molecule has 0 unspecified atom stereocenters. The molecule has 0 aliphatic heterocycles. The maximum Gasteiger partial charge on any atom is 0.272 e. The third-order valence-corrected chi connectivity index (χ3v) is 3.34. The monoisotopic (exact) mass is 271 g/mol. The topological polar surface area (TPSA) is 79.4 Å². The summed E-state index contributed by atoms with van der Waals surface area (Å²) in [6.45, 7) is 0.160. The first kappa shape index (κ1) is 14.4. The number of aromatic nitrogens is 1. The summed E-state index contributed by atoms with van der Waals surface area (Å²) >= 11 is 0. The molecule has 0 radical (unpaired) electrons. The van der Waals surface area contributed by atoms with Crippen LogP contribution in [0.25, 0.3) is 0 Å². The third kappa shape index (κ3) is 4.33. The Bertz CT molecular complexity index is 511. The number of nitrogens with zero attached hydrogens (tertiary/aromatic N) is 2. The van der Waals surface area contributed by atoms with Gasteiger partial charge in [-0.15, -0.1) is 0 Å². The molecule has 0 aromatic carbocycles. The highest BCUT2D eigenvalue weighted by Crippen LogP contribution is 2.06. The lowest BCUT2D eigenvalue weighted by molar-refractivity contribution is 0.0798. The second kappa shape index (κ2) is 5.81. The maximum atomic E-state index is 11.9. The van der Waals surface area contributed by atoms with Crippen molar-refractivity contribution < 1.29 is 13.2 Å². The van der Waals surface area contributed by atoms with Gasteiger partial charge in [0, 0.05) is 26.9 Å². The summed E-state index contributed by atoms with van der Waals surface area (Å²) in [7, 11) is 0.248. The van der Waals surface area contributed by atoms with Crippen LogP contribution in [-0.2, 0) is 9.84 Å². The van der Waals surface area contributed by atoms with E-state index >= 15 is 0 Å². The number of carbonyl (C=O) groups excluding carboxylic acids is 1. The summed E-state index contributed by atoms with van der Waals surface area (Å²) in [6.07, 6.45) is 2.70. The quantitative estimate of drug-likeness (QED) is 0.830. The number of anilines is 1. The zero-order valence-electron chi connectivity index (χ0n) is 10.7. The number of sulfone groups is 1. The molecule has 0 saturated heterocycles. The SMILES string of the molecule is CNc1ccc(C(=O)N(C)CCS(C)(=O)=O)nc1. The Morgan fingerprint density at radius 3 is 2.56 bits per heavy atom. The molecule has 1 aromatic rings. The van der Waals surface area contributed by atoms with E-state index in [4.69, 9.17) is 0 Å². The van der Waals surface area contributed by atoms with Crippen molar-refractivity contribution in [2.45, 2.75) is 0 Å². The van der Waals surface area contributed by atoms with Crippen LogP contribution in [-0.4, -0.2) is 56.9 Å². The van der Waals surface area contributed by atoms with Crippen LogP contribution in [0.1, 0.15) is 10.5 Å². The zero-order valence-corrected chi connectivity index (χ0v) is 11.5. The number of amides is 1. The predicted octanol–water partition coefficient (Wildman–Crippen LogP) is 0.240. The van der Waals surface area contributed by atoms with E-state index in [1.54, 1.807) is 32.4 Å². The first-order valence-electron chi connectivity index (χ1n) is 5.40. The average molecular weight is 271 g/mol. The summed E-state index contributed by atoms with van der Waals surface area (Å²) in [4.78, 5) is 17.3. The molecule has 100 valence electrons. The molecule has 0 spiro atoms. The van der Waals surface area contributed by atoms with Gasteiger partial charge in [0.25, 0.3) is 5.91 Å². The van der Waals surface area contributed by atoms with Crippen molar-refractivity contribution >= 4 is 21.4 Å². The van der Waals surface area contributed by atoms with Crippen molar-refractivity contribution in [2.24, 2.45) is 0 Å². The van der Waals surface area contributed by atoms with Crippen molar-refractivity contribution in [1.29, 1.82) is 0 Å². The minimum Gasteiger partial charge on any atom is -0.387 e. The van der Waals surface area contributed by atoms with Crippen LogP contribution in [0.15, 0.2) is 18.3 Å². The van der Waals surface area contributed by atoms with Gasteiger partial charge in [0.15, 0.2) is 0 Å². The van der Waals surface area contributed by atoms with E-state index in [0.29, 0.717) is 5.69 Å². The first-order chi connectivity index (χ1) is 8.33. The lowest BCUT2D eigenvalue weighted by Gasteiger charge is -2.16. The Hall–Kier alpha value is -1.63. The number of pyridine rings is 1. The van der Waals surface area contributed by atoms with E-state index in [-0.39, 0.29) is 18.2 Å². The van der Waals surface area contributed by atoms with Gasteiger partial charge in [-0.3, -0.25) is 4.79 Å². The van der Waals surface area contributed by atoms with Gasteiger partial charge >= 0.3 is 0 Å². The molecule has 0 aliphatic rings. The molecule has 0 saturated carbocycles. The number of nitrogens with one attached hydrogen (secondary N) is 1. The average Bonchev–Trinajstić information content (AvgIpc) is 2.34. The van der Waals surface area contributed by atoms with Gasteiger partial charge in [-0.1, -0.05) is 0 Å². The van der Waals surface area contributed by atoms with E-state index < -0.39 is 9.84 Å². The molecular formula is C11H17N3O3S. The molecule has 1 N–H and O–H groups in total. The largest absolute Gasteiger partial charge is 0.387 e. The van der Waals surface area contributed by atoms with Gasteiger partial charge in [-0.25, -0.2) is 13.4 Å². The van der Waals surface area contributed by atoms with E-state index in [0.717, 1.165) is 11.9 Å². The van der Waals surface area contributed by atoms with Gasteiger partial charge in [0.2, 0.25) is 0 Å². The van der Waals surface area contributed by atoms with E-state index in [1.807, 2.05) is 0 Å². The number of rotatable bonds is 5. The van der Waals surface area contributed by atoms with Crippen molar-refractivity contribution in [3.05, 3.63) is 24.0 Å². The lowest BCUT2D eigenvalue weighted by atomic mass is 10.3. The van der Waals surface area contributed by atoms with Crippen molar-refractivity contribution in [3.8, 4) is 0 Å². The summed E-state index contributed by atoms with van der Waals surface area (Å²) < 4.78 is 22.0. The van der Waals surface area contributed by atoms with Crippen LogP contribution in [0, 0.1) is 0 Å². The fourth-order valence-electron chi connectivity index (χ4n) is 1.27. The van der Waals surface area contributed by atoms with Crippen LogP contribution in [0.2, 0.25) is 0 Å². The lowest BCUT2D eigenvalue weighted by Crippen LogP contribution is -2.31. The molecule has 1 amide bonds. The minimum atomic E-state index is -3.07. The van der Waals surface area contributed by atoms with Crippen molar-refractivity contribution in [2.75, 3.05) is 38.0 Å². The minimum absolute atomic E-state index is 0.0517. The smallest absolute Gasteiger partial charge is 0.272 e. The summed E-state index contributed by atoms with van der Waals surface area (Å²) in [5.74, 6) is -0.342. The molecule has 0 fully saturated rings. The van der Waals surface area contributed by atoms with Gasteiger partial charge < -0.3 is 10.2 Å². The second-order valence-corrected chi connectivity index (χ2v) is 6.30. The standard InChI is InChI=1S/C11H17N3O3S/c1-12-9-4-5-10(13-8-9)11(15)14(2)6-7-18(3,16)17/h4-5,8,12H,6-7H2,1-3H3. The van der Waals surface area contributed by atoms with Gasteiger partial charge in [-0.05, 0) is 12.1 Å². The summed E-state index contributed by atoms with van der Waals surface area (Å²) in [5.41, 5.74) is 1.11. The molecule has 0 bridgehead atoms. The van der Waals surface area contributed by atoms with Crippen LogP contribution in [0.4, 0.5) is 5.69 Å². The molecule has 6 nitrogen and oxygen atoms in total. The number of carbonyl (C=O) groups is 1. The third-order valence-electron chi connectivity index (χ3n) is 2.42. The Balaban J connectivity index is 2.68. The van der Waals surface area contributed by atoms with E-state index in [2.05, 4.69) is 10.3 Å². The number of hydrogen-bond donors (Lipinski definition) is 1. The Morgan fingerprint density at radius 1 is 1.44 bits per heavy atom. The maximum absolute atomic E-state index is 11.9. The fraction of sp³-hybridized carbons (Fsp3) is 0.455. The molecule has 0 atom stereocenters. The molecule has 7 heteroatoms.